The predicted octanol–water partition coefficient (Wildman–Crippen LogP) is 1.83. The lowest BCUT2D eigenvalue weighted by molar-refractivity contribution is 0.140. The molecular formula is C15H19NO4. The Morgan fingerprint density at radius 3 is 2.75 bits per heavy atom. The summed E-state index contributed by atoms with van der Waals surface area (Å²) in [5, 5.41) is 3.52. The molecule has 0 bridgehead atoms. The van der Waals surface area contributed by atoms with Crippen LogP contribution in [0.4, 0.5) is 0 Å². The minimum Gasteiger partial charge on any atom is -0.487 e. The zero-order valence-corrected chi connectivity index (χ0v) is 11.4. The number of fused-ring (bicyclic) bond motifs is 1. The molecule has 20 heavy (non-hydrogen) atoms. The van der Waals surface area contributed by atoms with E-state index in [9.17, 15) is 0 Å². The van der Waals surface area contributed by atoms with E-state index in [0.717, 1.165) is 42.4 Å². The third-order valence-corrected chi connectivity index (χ3v) is 3.90. The van der Waals surface area contributed by atoms with Gasteiger partial charge in [-0.05, 0) is 18.9 Å². The largest absolute Gasteiger partial charge is 0.487 e. The van der Waals surface area contributed by atoms with E-state index in [1.54, 1.807) is 0 Å². The van der Waals surface area contributed by atoms with Gasteiger partial charge >= 0.3 is 0 Å². The third kappa shape index (κ3) is 2.55. The van der Waals surface area contributed by atoms with E-state index in [-0.39, 0.29) is 6.10 Å². The van der Waals surface area contributed by atoms with Gasteiger partial charge in [-0.15, -0.1) is 0 Å². The second-order valence-electron chi connectivity index (χ2n) is 5.57. The Hall–Kier alpha value is -1.46. The van der Waals surface area contributed by atoms with Crippen molar-refractivity contribution in [2.75, 3.05) is 20.0 Å². The Kier molecular flexibility index (Phi) is 3.16. The molecule has 5 nitrogen and oxygen atoms in total. The van der Waals surface area contributed by atoms with Crippen molar-refractivity contribution in [1.82, 2.24) is 5.32 Å². The van der Waals surface area contributed by atoms with Crippen molar-refractivity contribution < 1.29 is 18.9 Å². The van der Waals surface area contributed by atoms with Crippen LogP contribution in [0, 0.1) is 0 Å². The molecule has 2 aliphatic heterocycles. The predicted molar refractivity (Wildman–Crippen MR) is 72.3 cm³/mol. The molecule has 1 saturated carbocycles. The fourth-order valence-corrected chi connectivity index (χ4v) is 2.54. The van der Waals surface area contributed by atoms with E-state index < -0.39 is 0 Å². The van der Waals surface area contributed by atoms with E-state index in [1.807, 2.05) is 12.1 Å². The average molecular weight is 277 g/mol. The number of benzene rings is 1. The zero-order valence-electron chi connectivity index (χ0n) is 11.4. The van der Waals surface area contributed by atoms with E-state index in [2.05, 4.69) is 5.32 Å². The van der Waals surface area contributed by atoms with Gasteiger partial charge in [-0.25, -0.2) is 0 Å². The van der Waals surface area contributed by atoms with Gasteiger partial charge in [0.05, 0.1) is 13.2 Å². The average Bonchev–Trinajstić information content (AvgIpc) is 2.95. The van der Waals surface area contributed by atoms with Gasteiger partial charge in [0.15, 0.2) is 11.5 Å². The number of hydrogen-bond acceptors (Lipinski definition) is 5. The topological polar surface area (TPSA) is 49.0 Å². The van der Waals surface area contributed by atoms with Crippen LogP contribution in [-0.2, 0) is 11.3 Å². The lowest BCUT2D eigenvalue weighted by atomic mass is 10.1. The molecule has 5 heteroatoms. The number of hydrogen-bond donors (Lipinski definition) is 1. The van der Waals surface area contributed by atoms with Crippen LogP contribution in [0.2, 0.25) is 0 Å². The second-order valence-corrected chi connectivity index (χ2v) is 5.57. The number of ether oxygens (including phenoxy) is 4. The molecule has 1 aromatic carbocycles. The molecule has 3 aliphatic rings. The molecule has 2 fully saturated rings. The summed E-state index contributed by atoms with van der Waals surface area (Å²) in [6, 6.07) is 4.65. The number of nitrogens with one attached hydrogen (secondary N) is 1. The van der Waals surface area contributed by atoms with Crippen LogP contribution in [-0.4, -0.2) is 32.2 Å². The highest BCUT2D eigenvalue weighted by Crippen LogP contribution is 2.39. The quantitative estimate of drug-likeness (QED) is 0.890. The zero-order chi connectivity index (χ0) is 13.4. The number of rotatable bonds is 5. The second kappa shape index (κ2) is 5.14. The maximum atomic E-state index is 6.08. The first kappa shape index (κ1) is 12.3. The molecule has 0 spiro atoms. The minimum absolute atomic E-state index is 0.148. The van der Waals surface area contributed by atoms with Gasteiger partial charge < -0.3 is 24.3 Å². The highest BCUT2D eigenvalue weighted by Gasteiger charge is 2.25. The normalized spacial score (nSPS) is 24.1. The minimum atomic E-state index is 0.148. The Morgan fingerprint density at radius 2 is 2.00 bits per heavy atom. The van der Waals surface area contributed by atoms with Gasteiger partial charge in [-0.1, -0.05) is 0 Å². The molecule has 0 aromatic heterocycles. The van der Waals surface area contributed by atoms with Crippen LogP contribution in [0.1, 0.15) is 24.8 Å². The van der Waals surface area contributed by atoms with Gasteiger partial charge in [0, 0.05) is 30.6 Å². The van der Waals surface area contributed by atoms with Gasteiger partial charge in [0.25, 0.3) is 0 Å². The van der Waals surface area contributed by atoms with Crippen LogP contribution < -0.4 is 19.5 Å². The van der Waals surface area contributed by atoms with Crippen molar-refractivity contribution in [1.29, 1.82) is 0 Å². The first-order valence-corrected chi connectivity index (χ1v) is 7.29. The van der Waals surface area contributed by atoms with Gasteiger partial charge in [-0.2, -0.15) is 0 Å². The maximum absolute atomic E-state index is 6.08. The molecule has 1 atom stereocenters. The van der Waals surface area contributed by atoms with Crippen LogP contribution in [0.25, 0.3) is 0 Å². The summed E-state index contributed by atoms with van der Waals surface area (Å²) < 4.78 is 22.4. The summed E-state index contributed by atoms with van der Waals surface area (Å²) in [6.07, 6.45) is 3.65. The monoisotopic (exact) mass is 277 g/mol. The van der Waals surface area contributed by atoms with Gasteiger partial charge in [0.2, 0.25) is 6.79 Å². The van der Waals surface area contributed by atoms with Crippen molar-refractivity contribution in [3.8, 4) is 17.2 Å². The lowest BCUT2D eigenvalue weighted by Gasteiger charge is -2.16. The van der Waals surface area contributed by atoms with Gasteiger partial charge in [0.1, 0.15) is 11.9 Å². The molecular weight excluding hydrogens is 258 g/mol. The van der Waals surface area contributed by atoms with Crippen molar-refractivity contribution in [2.45, 2.75) is 38.0 Å². The van der Waals surface area contributed by atoms with Gasteiger partial charge in [-0.3, -0.25) is 0 Å². The van der Waals surface area contributed by atoms with Crippen LogP contribution in [0.15, 0.2) is 12.1 Å². The molecule has 0 amide bonds. The Morgan fingerprint density at radius 1 is 1.15 bits per heavy atom. The molecule has 1 N–H and O–H groups in total. The Bertz CT molecular complexity index is 495. The standard InChI is InChI=1S/C15H19NO4/c1-2-11(1)16-7-10-5-14-15(19-9-18-14)6-13(10)20-12-3-4-17-8-12/h5-6,11-12,16H,1-4,7-9H2. The molecule has 1 aromatic rings. The van der Waals surface area contributed by atoms with E-state index in [0.29, 0.717) is 19.4 Å². The first-order chi connectivity index (χ1) is 9.88. The fraction of sp³-hybridized carbons (Fsp3) is 0.600. The highest BCUT2D eigenvalue weighted by molar-refractivity contribution is 5.52. The Balaban J connectivity index is 1.55. The van der Waals surface area contributed by atoms with Crippen molar-refractivity contribution in [3.63, 3.8) is 0 Å². The fourth-order valence-electron chi connectivity index (χ4n) is 2.54. The highest BCUT2D eigenvalue weighted by atomic mass is 16.7. The SMILES string of the molecule is c1c(CNC2CC2)c(OC2CCOC2)cc2c1OCO2. The summed E-state index contributed by atoms with van der Waals surface area (Å²) in [4.78, 5) is 0. The maximum Gasteiger partial charge on any atom is 0.231 e. The smallest absolute Gasteiger partial charge is 0.231 e. The van der Waals surface area contributed by atoms with E-state index in [4.69, 9.17) is 18.9 Å². The van der Waals surface area contributed by atoms with E-state index in [1.165, 1.54) is 12.8 Å². The molecule has 1 unspecified atom stereocenters. The summed E-state index contributed by atoms with van der Waals surface area (Å²) in [5.41, 5.74) is 1.13. The van der Waals surface area contributed by atoms with Crippen molar-refractivity contribution >= 4 is 0 Å². The third-order valence-electron chi connectivity index (χ3n) is 3.90. The van der Waals surface area contributed by atoms with E-state index >= 15 is 0 Å². The summed E-state index contributed by atoms with van der Waals surface area (Å²) >= 11 is 0. The van der Waals surface area contributed by atoms with Crippen LogP contribution in [0.3, 0.4) is 0 Å². The molecule has 1 aliphatic carbocycles. The molecule has 4 rings (SSSR count). The molecule has 2 heterocycles. The molecule has 0 radical (unpaired) electrons. The summed E-state index contributed by atoms with van der Waals surface area (Å²) in [5.74, 6) is 2.47. The van der Waals surface area contributed by atoms with Crippen LogP contribution in [0.5, 0.6) is 17.2 Å². The van der Waals surface area contributed by atoms with Crippen molar-refractivity contribution in [3.05, 3.63) is 17.7 Å². The summed E-state index contributed by atoms with van der Waals surface area (Å²) in [7, 11) is 0. The first-order valence-electron chi connectivity index (χ1n) is 7.29. The molecule has 1 saturated heterocycles. The summed E-state index contributed by atoms with van der Waals surface area (Å²) in [6.45, 7) is 2.56. The molecule has 108 valence electrons. The van der Waals surface area contributed by atoms with Crippen LogP contribution >= 0.6 is 0 Å². The Labute approximate surface area is 118 Å². The van der Waals surface area contributed by atoms with Crippen molar-refractivity contribution in [2.24, 2.45) is 0 Å². The lowest BCUT2D eigenvalue weighted by Crippen LogP contribution is -2.19.